The van der Waals surface area contributed by atoms with Crippen LogP contribution in [0.25, 0.3) is 0 Å². The molecule has 1 aliphatic rings. The van der Waals surface area contributed by atoms with E-state index in [9.17, 15) is 13.2 Å². The zero-order valence-electron chi connectivity index (χ0n) is 11.1. The van der Waals surface area contributed by atoms with Crippen molar-refractivity contribution in [1.82, 2.24) is 0 Å². The van der Waals surface area contributed by atoms with Crippen LogP contribution in [0.1, 0.15) is 49.1 Å². The van der Waals surface area contributed by atoms with E-state index in [4.69, 9.17) is 5.26 Å². The third-order valence-electron chi connectivity index (χ3n) is 4.04. The number of halogens is 3. The highest BCUT2D eigenvalue weighted by molar-refractivity contribution is 5.34. The molecule has 20 heavy (non-hydrogen) atoms. The zero-order valence-corrected chi connectivity index (χ0v) is 11.1. The lowest BCUT2D eigenvalue weighted by molar-refractivity contribution is 0.322. The third-order valence-corrected chi connectivity index (χ3v) is 4.04. The molecule has 2 rings (SSSR count). The third kappa shape index (κ3) is 3.63. The SMILES string of the molecule is N#Cc1ccc(C2CCC(CC=C(F)F)CC2)cc1F. The summed E-state index contributed by atoms with van der Waals surface area (Å²) in [6, 6.07) is 6.55. The summed E-state index contributed by atoms with van der Waals surface area (Å²) in [5.41, 5.74) is 0.971. The molecule has 1 aromatic carbocycles. The van der Waals surface area contributed by atoms with Crippen LogP contribution in [0.5, 0.6) is 0 Å². The van der Waals surface area contributed by atoms with Gasteiger partial charge in [0.1, 0.15) is 11.9 Å². The second kappa shape index (κ2) is 6.60. The zero-order chi connectivity index (χ0) is 14.5. The number of hydrogen-bond acceptors (Lipinski definition) is 1. The van der Waals surface area contributed by atoms with Gasteiger partial charge in [-0.2, -0.15) is 14.0 Å². The fraction of sp³-hybridized carbons (Fsp3) is 0.438. The monoisotopic (exact) mass is 279 g/mol. The van der Waals surface area contributed by atoms with E-state index in [1.165, 1.54) is 12.1 Å². The molecule has 0 amide bonds. The van der Waals surface area contributed by atoms with Crippen LogP contribution >= 0.6 is 0 Å². The molecule has 1 aromatic rings. The van der Waals surface area contributed by atoms with E-state index in [2.05, 4.69) is 0 Å². The van der Waals surface area contributed by atoms with Crippen molar-refractivity contribution >= 4 is 0 Å². The normalized spacial score (nSPS) is 22.1. The van der Waals surface area contributed by atoms with Crippen molar-refractivity contribution in [3.63, 3.8) is 0 Å². The highest BCUT2D eigenvalue weighted by Gasteiger charge is 2.22. The summed E-state index contributed by atoms with van der Waals surface area (Å²) in [6.45, 7) is 0. The van der Waals surface area contributed by atoms with Gasteiger partial charge in [-0.05, 0) is 67.7 Å². The van der Waals surface area contributed by atoms with E-state index < -0.39 is 11.9 Å². The second-order valence-electron chi connectivity index (χ2n) is 5.30. The summed E-state index contributed by atoms with van der Waals surface area (Å²) in [5.74, 6) is 0.0956. The van der Waals surface area contributed by atoms with Crippen LogP contribution in [-0.4, -0.2) is 0 Å². The van der Waals surface area contributed by atoms with Gasteiger partial charge in [-0.25, -0.2) is 4.39 Å². The summed E-state index contributed by atoms with van der Waals surface area (Å²) >= 11 is 0. The molecule has 1 saturated carbocycles. The van der Waals surface area contributed by atoms with Crippen molar-refractivity contribution in [1.29, 1.82) is 5.26 Å². The van der Waals surface area contributed by atoms with Crippen molar-refractivity contribution in [3.05, 3.63) is 47.3 Å². The predicted molar refractivity (Wildman–Crippen MR) is 70.7 cm³/mol. The van der Waals surface area contributed by atoms with Crippen LogP contribution in [-0.2, 0) is 0 Å². The predicted octanol–water partition coefficient (Wildman–Crippen LogP) is 5.14. The van der Waals surface area contributed by atoms with E-state index in [-0.39, 0.29) is 11.5 Å². The number of benzene rings is 1. The maximum Gasteiger partial charge on any atom is 0.266 e. The van der Waals surface area contributed by atoms with Crippen LogP contribution in [0.4, 0.5) is 13.2 Å². The fourth-order valence-electron chi connectivity index (χ4n) is 2.86. The molecule has 0 atom stereocenters. The molecular formula is C16H16F3N. The fourth-order valence-corrected chi connectivity index (χ4v) is 2.86. The van der Waals surface area contributed by atoms with E-state index in [1.54, 1.807) is 6.07 Å². The summed E-state index contributed by atoms with van der Waals surface area (Å²) in [7, 11) is 0. The summed E-state index contributed by atoms with van der Waals surface area (Å²) < 4.78 is 37.7. The van der Waals surface area contributed by atoms with E-state index >= 15 is 0 Å². The summed E-state index contributed by atoms with van der Waals surface area (Å²) in [4.78, 5) is 0. The van der Waals surface area contributed by atoms with Gasteiger partial charge in [0.05, 0.1) is 5.56 Å². The standard InChI is InChI=1S/C16H16F3N/c17-15-9-13(6-7-14(15)10-20)12-4-1-11(2-5-12)3-8-16(18)19/h6-9,11-12H,1-5H2. The van der Waals surface area contributed by atoms with Crippen molar-refractivity contribution in [2.75, 3.05) is 0 Å². The molecule has 0 bridgehead atoms. The number of allylic oxidation sites excluding steroid dienone is 1. The van der Waals surface area contributed by atoms with Crippen molar-refractivity contribution in [2.45, 2.75) is 38.0 Å². The highest BCUT2D eigenvalue weighted by Crippen LogP contribution is 2.37. The molecule has 0 heterocycles. The maximum absolute atomic E-state index is 13.6. The Balaban J connectivity index is 1.95. The van der Waals surface area contributed by atoms with Gasteiger partial charge < -0.3 is 0 Å². The quantitative estimate of drug-likeness (QED) is 0.751. The number of nitrogens with zero attached hydrogens (tertiary/aromatic N) is 1. The van der Waals surface area contributed by atoms with Gasteiger partial charge in [-0.15, -0.1) is 0 Å². The van der Waals surface area contributed by atoms with Gasteiger partial charge in [-0.3, -0.25) is 0 Å². The van der Waals surface area contributed by atoms with Gasteiger partial charge >= 0.3 is 0 Å². The Hall–Kier alpha value is -1.76. The van der Waals surface area contributed by atoms with Crippen molar-refractivity contribution in [3.8, 4) is 6.07 Å². The van der Waals surface area contributed by atoms with Crippen molar-refractivity contribution in [2.24, 2.45) is 5.92 Å². The molecule has 0 N–H and O–H groups in total. The Labute approximate surface area is 116 Å². The lowest BCUT2D eigenvalue weighted by Crippen LogP contribution is -2.13. The van der Waals surface area contributed by atoms with E-state index in [0.717, 1.165) is 37.3 Å². The van der Waals surface area contributed by atoms with Crippen LogP contribution in [0.3, 0.4) is 0 Å². The van der Waals surface area contributed by atoms with Crippen LogP contribution in [0.2, 0.25) is 0 Å². The first kappa shape index (κ1) is 14.6. The van der Waals surface area contributed by atoms with Crippen LogP contribution in [0, 0.1) is 23.1 Å². The van der Waals surface area contributed by atoms with Crippen LogP contribution in [0.15, 0.2) is 30.4 Å². The second-order valence-corrected chi connectivity index (χ2v) is 5.30. The minimum Gasteiger partial charge on any atom is -0.206 e. The Morgan fingerprint density at radius 2 is 1.95 bits per heavy atom. The lowest BCUT2D eigenvalue weighted by atomic mass is 9.77. The smallest absolute Gasteiger partial charge is 0.206 e. The average molecular weight is 279 g/mol. The number of nitriles is 1. The average Bonchev–Trinajstić information content (AvgIpc) is 2.45. The molecular weight excluding hydrogens is 263 g/mol. The topological polar surface area (TPSA) is 23.8 Å². The molecule has 0 saturated heterocycles. The first-order chi connectivity index (χ1) is 9.60. The summed E-state index contributed by atoms with van der Waals surface area (Å²) in [5, 5.41) is 8.70. The largest absolute Gasteiger partial charge is 0.266 e. The molecule has 106 valence electrons. The van der Waals surface area contributed by atoms with Gasteiger partial charge in [0.15, 0.2) is 0 Å². The molecule has 1 nitrogen and oxygen atoms in total. The first-order valence-electron chi connectivity index (χ1n) is 6.81. The number of hydrogen-bond donors (Lipinski definition) is 0. The van der Waals surface area contributed by atoms with Gasteiger partial charge in [0, 0.05) is 0 Å². The molecule has 0 radical (unpaired) electrons. The molecule has 4 heteroatoms. The molecule has 1 fully saturated rings. The Kier molecular flexibility index (Phi) is 4.84. The summed E-state index contributed by atoms with van der Waals surface area (Å²) in [6.07, 6.45) is 3.35. The van der Waals surface area contributed by atoms with Crippen molar-refractivity contribution < 1.29 is 13.2 Å². The maximum atomic E-state index is 13.6. The van der Waals surface area contributed by atoms with Gasteiger partial charge in [0.25, 0.3) is 6.08 Å². The van der Waals surface area contributed by atoms with Gasteiger partial charge in [0.2, 0.25) is 0 Å². The molecule has 0 unspecified atom stereocenters. The Bertz CT molecular complexity index is 533. The number of rotatable bonds is 3. The first-order valence-corrected chi connectivity index (χ1v) is 6.81. The molecule has 0 spiro atoms. The molecule has 1 aliphatic carbocycles. The minimum atomic E-state index is -1.61. The minimum absolute atomic E-state index is 0.0611. The molecule has 0 aliphatic heterocycles. The van der Waals surface area contributed by atoms with Crippen LogP contribution < -0.4 is 0 Å². The Morgan fingerprint density at radius 3 is 2.50 bits per heavy atom. The highest BCUT2D eigenvalue weighted by atomic mass is 19.3. The van der Waals surface area contributed by atoms with E-state index in [0.29, 0.717) is 12.3 Å². The lowest BCUT2D eigenvalue weighted by Gasteiger charge is -2.28. The molecule has 0 aromatic heterocycles. The van der Waals surface area contributed by atoms with Gasteiger partial charge in [-0.1, -0.05) is 6.07 Å². The van der Waals surface area contributed by atoms with E-state index in [1.807, 2.05) is 6.07 Å². The Morgan fingerprint density at radius 1 is 1.25 bits per heavy atom.